The van der Waals surface area contributed by atoms with E-state index in [1.807, 2.05) is 0 Å². The second-order valence-corrected chi connectivity index (χ2v) is 8.39. The van der Waals surface area contributed by atoms with Crippen LogP contribution in [0.2, 0.25) is 0 Å². The van der Waals surface area contributed by atoms with Crippen LogP contribution in [0.4, 0.5) is 10.1 Å². The van der Waals surface area contributed by atoms with Crippen LogP contribution < -0.4 is 16.4 Å². The first-order valence-corrected chi connectivity index (χ1v) is 10.3. The molecule has 1 aromatic carbocycles. The first kappa shape index (κ1) is 20.5. The van der Waals surface area contributed by atoms with E-state index in [2.05, 4.69) is 10.6 Å². The third-order valence-electron chi connectivity index (χ3n) is 6.40. The maximum absolute atomic E-state index is 14.2. The molecule has 1 saturated carbocycles. The Hall–Kier alpha value is -2.81. The van der Waals surface area contributed by atoms with Gasteiger partial charge < -0.3 is 11.1 Å². The lowest BCUT2D eigenvalue weighted by atomic mass is 9.80. The number of nitrogens with zero attached hydrogens (tertiary/aromatic N) is 1. The van der Waals surface area contributed by atoms with E-state index in [9.17, 15) is 23.6 Å². The number of hydrogen-bond acceptors (Lipinski definition) is 6. The molecule has 1 unspecified atom stereocenters. The fourth-order valence-electron chi connectivity index (χ4n) is 4.45. The zero-order valence-electron chi connectivity index (χ0n) is 16.6. The van der Waals surface area contributed by atoms with Crippen molar-refractivity contribution in [1.29, 1.82) is 0 Å². The van der Waals surface area contributed by atoms with Crippen LogP contribution >= 0.6 is 0 Å². The minimum absolute atomic E-state index is 0.0534. The molecular formula is C21H25FN4O4. The first-order valence-electron chi connectivity index (χ1n) is 10.3. The van der Waals surface area contributed by atoms with Crippen LogP contribution in [-0.4, -0.2) is 53.3 Å². The number of piperidine rings is 1. The number of rotatable bonds is 5. The van der Waals surface area contributed by atoms with Crippen molar-refractivity contribution in [1.82, 2.24) is 10.2 Å². The van der Waals surface area contributed by atoms with Gasteiger partial charge in [-0.15, -0.1) is 0 Å². The molecule has 160 valence electrons. The van der Waals surface area contributed by atoms with Gasteiger partial charge in [-0.05, 0) is 56.2 Å². The van der Waals surface area contributed by atoms with Crippen molar-refractivity contribution in [3.8, 4) is 0 Å². The van der Waals surface area contributed by atoms with Crippen molar-refractivity contribution in [3.63, 3.8) is 0 Å². The van der Waals surface area contributed by atoms with Gasteiger partial charge in [0.2, 0.25) is 11.8 Å². The summed E-state index contributed by atoms with van der Waals surface area (Å²) in [5.41, 5.74) is 5.43. The van der Waals surface area contributed by atoms with Crippen molar-refractivity contribution in [3.05, 3.63) is 29.3 Å². The number of amides is 4. The molecule has 2 heterocycles. The number of nitrogens with two attached hydrogens (primary N) is 1. The van der Waals surface area contributed by atoms with E-state index in [1.165, 1.54) is 0 Å². The lowest BCUT2D eigenvalue weighted by Crippen LogP contribution is -2.54. The molecule has 1 aliphatic carbocycles. The van der Waals surface area contributed by atoms with Crippen molar-refractivity contribution in [2.24, 2.45) is 11.7 Å². The van der Waals surface area contributed by atoms with E-state index in [0.29, 0.717) is 31.0 Å². The predicted octanol–water partition coefficient (Wildman–Crippen LogP) is 1.36. The zero-order chi connectivity index (χ0) is 21.5. The zero-order valence-corrected chi connectivity index (χ0v) is 16.6. The van der Waals surface area contributed by atoms with Gasteiger partial charge in [0.1, 0.15) is 11.7 Å². The number of imide groups is 2. The minimum Gasteiger partial charge on any atom is -0.385 e. The van der Waals surface area contributed by atoms with E-state index in [1.54, 1.807) is 18.2 Å². The summed E-state index contributed by atoms with van der Waals surface area (Å²) >= 11 is 0. The first-order chi connectivity index (χ1) is 14.3. The largest absolute Gasteiger partial charge is 0.385 e. The van der Waals surface area contributed by atoms with Gasteiger partial charge in [0.05, 0.1) is 11.1 Å². The van der Waals surface area contributed by atoms with E-state index in [-0.39, 0.29) is 30.5 Å². The Morgan fingerprint density at radius 1 is 1.10 bits per heavy atom. The molecule has 0 radical (unpaired) electrons. The van der Waals surface area contributed by atoms with Gasteiger partial charge in [-0.3, -0.25) is 29.4 Å². The Morgan fingerprint density at radius 3 is 2.47 bits per heavy atom. The second-order valence-electron chi connectivity index (χ2n) is 8.39. The maximum atomic E-state index is 14.2. The summed E-state index contributed by atoms with van der Waals surface area (Å²) in [4.78, 5) is 50.0. The lowest BCUT2D eigenvalue weighted by Gasteiger charge is -2.33. The van der Waals surface area contributed by atoms with Crippen molar-refractivity contribution >= 4 is 29.3 Å². The molecule has 0 spiro atoms. The normalized spacial score (nSPS) is 29.1. The number of hydrogen-bond donors (Lipinski definition) is 3. The van der Waals surface area contributed by atoms with Crippen LogP contribution in [0.5, 0.6) is 0 Å². The highest BCUT2D eigenvalue weighted by Gasteiger charge is 2.44. The highest BCUT2D eigenvalue weighted by molar-refractivity contribution is 6.23. The molecule has 3 aliphatic rings. The van der Waals surface area contributed by atoms with Gasteiger partial charge in [0.25, 0.3) is 11.8 Å². The lowest BCUT2D eigenvalue weighted by molar-refractivity contribution is -0.136. The summed E-state index contributed by atoms with van der Waals surface area (Å²) < 4.78 is 14.2. The fraction of sp³-hybridized carbons (Fsp3) is 0.524. The van der Waals surface area contributed by atoms with E-state index >= 15 is 0 Å². The summed E-state index contributed by atoms with van der Waals surface area (Å²) in [5.74, 6) is -1.78. The number of alkyl halides is 1. The Kier molecular flexibility index (Phi) is 5.31. The maximum Gasteiger partial charge on any atom is 0.262 e. The van der Waals surface area contributed by atoms with Crippen LogP contribution in [0.1, 0.15) is 59.2 Å². The molecule has 4 amide bonds. The molecule has 2 fully saturated rings. The minimum atomic E-state index is -1.25. The van der Waals surface area contributed by atoms with Crippen LogP contribution in [0.25, 0.3) is 0 Å². The average molecular weight is 416 g/mol. The number of halogens is 1. The highest BCUT2D eigenvalue weighted by Crippen LogP contribution is 2.35. The summed E-state index contributed by atoms with van der Waals surface area (Å²) in [7, 11) is 0. The van der Waals surface area contributed by atoms with E-state index < -0.39 is 35.3 Å². The van der Waals surface area contributed by atoms with Crippen LogP contribution in [0, 0.1) is 5.92 Å². The number of carbonyl (C=O) groups excluding carboxylic acids is 4. The van der Waals surface area contributed by atoms with Gasteiger partial charge in [-0.25, -0.2) is 4.39 Å². The molecule has 8 nitrogen and oxygen atoms in total. The van der Waals surface area contributed by atoms with Gasteiger partial charge in [0.15, 0.2) is 0 Å². The van der Waals surface area contributed by atoms with Crippen molar-refractivity contribution in [2.75, 3.05) is 18.4 Å². The summed E-state index contributed by atoms with van der Waals surface area (Å²) in [6, 6.07) is 3.94. The molecule has 9 heteroatoms. The topological polar surface area (TPSA) is 122 Å². The molecule has 30 heavy (non-hydrogen) atoms. The van der Waals surface area contributed by atoms with E-state index in [4.69, 9.17) is 5.73 Å². The quantitative estimate of drug-likeness (QED) is 0.623. The van der Waals surface area contributed by atoms with Gasteiger partial charge in [0, 0.05) is 25.2 Å². The standard InChI is InChI=1S/C21H25FN4O4/c22-21(11-23)7-5-12(6-8-21)10-24-13-1-2-14-15(9-13)20(30)26(19(14)29)16-3-4-17(27)25-18(16)28/h1-2,9,12,16,24H,3-8,10-11,23H2,(H,25,27,28). The molecule has 2 aliphatic heterocycles. The fourth-order valence-corrected chi connectivity index (χ4v) is 4.45. The average Bonchev–Trinajstić information content (AvgIpc) is 2.98. The van der Waals surface area contributed by atoms with Gasteiger partial charge in [-0.1, -0.05) is 0 Å². The number of nitrogens with one attached hydrogen (secondary N) is 2. The predicted molar refractivity (Wildman–Crippen MR) is 106 cm³/mol. The smallest absolute Gasteiger partial charge is 0.262 e. The third-order valence-corrected chi connectivity index (χ3v) is 6.40. The number of anilines is 1. The molecule has 0 bridgehead atoms. The van der Waals surface area contributed by atoms with E-state index in [0.717, 1.165) is 17.7 Å². The molecule has 1 atom stereocenters. The summed E-state index contributed by atoms with van der Waals surface area (Å²) in [5, 5.41) is 5.46. The molecule has 1 aromatic rings. The Morgan fingerprint density at radius 2 is 1.80 bits per heavy atom. The Bertz CT molecular complexity index is 910. The second kappa shape index (κ2) is 7.79. The van der Waals surface area contributed by atoms with Crippen molar-refractivity contribution in [2.45, 2.75) is 50.2 Å². The Labute approximate surface area is 173 Å². The number of carbonyl (C=O) groups is 4. The SMILES string of the molecule is NCC1(F)CCC(CNc2ccc3c(c2)C(=O)N(C2CCC(=O)NC2=O)C3=O)CC1. The monoisotopic (exact) mass is 416 g/mol. The van der Waals surface area contributed by atoms with Crippen LogP contribution in [-0.2, 0) is 9.59 Å². The Balaban J connectivity index is 1.42. The summed E-state index contributed by atoms with van der Waals surface area (Å²) in [6.07, 6.45) is 2.60. The van der Waals surface area contributed by atoms with Crippen molar-refractivity contribution < 1.29 is 23.6 Å². The number of fused-ring (bicyclic) bond motifs is 1. The van der Waals surface area contributed by atoms with Crippen LogP contribution in [0.3, 0.4) is 0 Å². The highest BCUT2D eigenvalue weighted by atomic mass is 19.1. The molecule has 4 rings (SSSR count). The van der Waals surface area contributed by atoms with Gasteiger partial charge >= 0.3 is 0 Å². The third kappa shape index (κ3) is 3.69. The van der Waals surface area contributed by atoms with Gasteiger partial charge in [-0.2, -0.15) is 0 Å². The molecule has 4 N–H and O–H groups in total. The number of benzene rings is 1. The van der Waals surface area contributed by atoms with Crippen LogP contribution in [0.15, 0.2) is 18.2 Å². The summed E-state index contributed by atoms with van der Waals surface area (Å²) in [6.45, 7) is 0.691. The molecular weight excluding hydrogens is 391 g/mol. The molecule has 0 aromatic heterocycles. The molecule has 1 saturated heterocycles.